The third-order valence-corrected chi connectivity index (χ3v) is 2.25. The van der Waals surface area contributed by atoms with Crippen LogP contribution < -0.4 is 5.32 Å². The van der Waals surface area contributed by atoms with Gasteiger partial charge in [0, 0.05) is 19.1 Å². The Morgan fingerprint density at radius 2 is 2.38 bits per heavy atom. The van der Waals surface area contributed by atoms with Crippen LogP contribution in [0.2, 0.25) is 0 Å². The molecule has 1 amide bonds. The van der Waals surface area contributed by atoms with Crippen molar-refractivity contribution in [1.29, 1.82) is 0 Å². The smallest absolute Gasteiger partial charge is 0.223 e. The molecule has 0 aromatic heterocycles. The Hall–Kier alpha value is -0.610. The molecule has 1 aliphatic heterocycles. The third kappa shape index (κ3) is 3.74. The number of nitrogens with one attached hydrogen (secondary N) is 1. The predicted octanol–water partition coefficient (Wildman–Crippen LogP) is -0.0884. The minimum atomic E-state index is 0.0524. The molecule has 76 valence electrons. The maximum atomic E-state index is 11.2. The lowest BCUT2D eigenvalue weighted by Crippen LogP contribution is -2.36. The topological polar surface area (TPSA) is 58.6 Å². The summed E-state index contributed by atoms with van der Waals surface area (Å²) in [6.07, 6.45) is 2.80. The zero-order chi connectivity index (χ0) is 9.52. The maximum Gasteiger partial charge on any atom is 0.223 e. The molecular weight excluding hydrogens is 170 g/mol. The highest BCUT2D eigenvalue weighted by Crippen LogP contribution is 2.14. The fraction of sp³-hybridized carbons (Fsp3) is 0.889. The summed E-state index contributed by atoms with van der Waals surface area (Å²) in [6.45, 7) is 1.80. The number of aliphatic hydroxyl groups is 1. The average Bonchev–Trinajstić information content (AvgIpc) is 2.15. The van der Waals surface area contributed by atoms with Gasteiger partial charge in [-0.2, -0.15) is 0 Å². The Bertz CT molecular complexity index is 161. The number of hydrogen-bond acceptors (Lipinski definition) is 3. The molecule has 1 fully saturated rings. The zero-order valence-electron chi connectivity index (χ0n) is 7.79. The van der Waals surface area contributed by atoms with E-state index in [1.54, 1.807) is 0 Å². The van der Waals surface area contributed by atoms with Gasteiger partial charge in [0.1, 0.15) is 0 Å². The summed E-state index contributed by atoms with van der Waals surface area (Å²) >= 11 is 0. The maximum absolute atomic E-state index is 11.2. The van der Waals surface area contributed by atoms with Crippen LogP contribution in [-0.2, 0) is 9.53 Å². The molecule has 0 aromatic rings. The van der Waals surface area contributed by atoms with Gasteiger partial charge in [0.25, 0.3) is 0 Å². The van der Waals surface area contributed by atoms with Gasteiger partial charge >= 0.3 is 0 Å². The lowest BCUT2D eigenvalue weighted by atomic mass is 9.96. The standard InChI is InChI=1S/C9H17NO3/c11-5-7-13-6-3-8-2-1-4-10-9(8)12/h8,11H,1-7H2,(H,10,12). The van der Waals surface area contributed by atoms with E-state index in [0.717, 1.165) is 25.8 Å². The van der Waals surface area contributed by atoms with Crippen molar-refractivity contribution in [2.75, 3.05) is 26.4 Å². The first kappa shape index (κ1) is 10.5. The van der Waals surface area contributed by atoms with E-state index in [-0.39, 0.29) is 18.4 Å². The Morgan fingerprint density at radius 1 is 1.54 bits per heavy atom. The molecule has 2 N–H and O–H groups in total. The fourth-order valence-corrected chi connectivity index (χ4v) is 1.50. The molecule has 1 rings (SSSR count). The zero-order valence-corrected chi connectivity index (χ0v) is 7.79. The first-order valence-electron chi connectivity index (χ1n) is 4.81. The van der Waals surface area contributed by atoms with Gasteiger partial charge in [-0.05, 0) is 19.3 Å². The van der Waals surface area contributed by atoms with Crippen LogP contribution in [0.15, 0.2) is 0 Å². The molecular formula is C9H17NO3. The minimum Gasteiger partial charge on any atom is -0.394 e. The van der Waals surface area contributed by atoms with Crippen molar-refractivity contribution in [1.82, 2.24) is 5.32 Å². The fourth-order valence-electron chi connectivity index (χ4n) is 1.50. The highest BCUT2D eigenvalue weighted by atomic mass is 16.5. The monoisotopic (exact) mass is 187 g/mol. The second-order valence-corrected chi connectivity index (χ2v) is 3.25. The first-order chi connectivity index (χ1) is 6.34. The predicted molar refractivity (Wildman–Crippen MR) is 48.3 cm³/mol. The van der Waals surface area contributed by atoms with Gasteiger partial charge in [0.15, 0.2) is 0 Å². The van der Waals surface area contributed by atoms with Crippen LogP contribution in [-0.4, -0.2) is 37.4 Å². The minimum absolute atomic E-state index is 0.0524. The van der Waals surface area contributed by atoms with E-state index in [4.69, 9.17) is 9.84 Å². The average molecular weight is 187 g/mol. The van der Waals surface area contributed by atoms with Crippen molar-refractivity contribution >= 4 is 5.91 Å². The third-order valence-electron chi connectivity index (χ3n) is 2.25. The van der Waals surface area contributed by atoms with E-state index < -0.39 is 0 Å². The number of carbonyl (C=O) groups excluding carboxylic acids is 1. The highest BCUT2D eigenvalue weighted by Gasteiger charge is 2.20. The van der Waals surface area contributed by atoms with Crippen LogP contribution in [0.1, 0.15) is 19.3 Å². The molecule has 0 radical (unpaired) electrons. The molecule has 0 aromatic carbocycles. The molecule has 13 heavy (non-hydrogen) atoms. The Labute approximate surface area is 78.3 Å². The molecule has 1 aliphatic rings. The van der Waals surface area contributed by atoms with Gasteiger partial charge in [0.05, 0.1) is 13.2 Å². The van der Waals surface area contributed by atoms with E-state index in [9.17, 15) is 4.79 Å². The van der Waals surface area contributed by atoms with Gasteiger partial charge in [-0.25, -0.2) is 0 Å². The Morgan fingerprint density at radius 3 is 3.08 bits per heavy atom. The van der Waals surface area contributed by atoms with Crippen LogP contribution >= 0.6 is 0 Å². The Balaban J connectivity index is 2.08. The van der Waals surface area contributed by atoms with Crippen molar-refractivity contribution in [2.24, 2.45) is 5.92 Å². The SMILES string of the molecule is O=C1NCCCC1CCOCCO. The van der Waals surface area contributed by atoms with Crippen molar-refractivity contribution in [3.63, 3.8) is 0 Å². The van der Waals surface area contributed by atoms with Crippen molar-refractivity contribution < 1.29 is 14.6 Å². The molecule has 4 heteroatoms. The number of piperidine rings is 1. The highest BCUT2D eigenvalue weighted by molar-refractivity contribution is 5.79. The molecule has 0 aliphatic carbocycles. The largest absolute Gasteiger partial charge is 0.394 e. The number of ether oxygens (including phenoxy) is 1. The molecule has 1 saturated heterocycles. The number of hydrogen-bond donors (Lipinski definition) is 2. The van der Waals surface area contributed by atoms with Crippen LogP contribution in [0.3, 0.4) is 0 Å². The van der Waals surface area contributed by atoms with Crippen molar-refractivity contribution in [2.45, 2.75) is 19.3 Å². The van der Waals surface area contributed by atoms with Gasteiger partial charge in [-0.3, -0.25) is 4.79 Å². The molecule has 0 saturated carbocycles. The van der Waals surface area contributed by atoms with Crippen molar-refractivity contribution in [3.8, 4) is 0 Å². The molecule has 4 nitrogen and oxygen atoms in total. The van der Waals surface area contributed by atoms with Crippen LogP contribution in [0.4, 0.5) is 0 Å². The number of aliphatic hydroxyl groups excluding tert-OH is 1. The van der Waals surface area contributed by atoms with Gasteiger partial charge in [0.2, 0.25) is 5.91 Å². The second kappa shape index (κ2) is 5.94. The lowest BCUT2D eigenvalue weighted by molar-refractivity contribution is -0.127. The summed E-state index contributed by atoms with van der Waals surface area (Å²) in [7, 11) is 0. The van der Waals surface area contributed by atoms with Crippen molar-refractivity contribution in [3.05, 3.63) is 0 Å². The second-order valence-electron chi connectivity index (χ2n) is 3.25. The summed E-state index contributed by atoms with van der Waals surface area (Å²) in [5, 5.41) is 11.3. The summed E-state index contributed by atoms with van der Waals surface area (Å²) in [5.74, 6) is 0.270. The van der Waals surface area contributed by atoms with Gasteiger partial charge in [-0.1, -0.05) is 0 Å². The van der Waals surface area contributed by atoms with E-state index in [2.05, 4.69) is 5.32 Å². The molecule has 1 atom stereocenters. The summed E-state index contributed by atoms with van der Waals surface area (Å²) in [5.41, 5.74) is 0. The first-order valence-corrected chi connectivity index (χ1v) is 4.81. The molecule has 1 unspecified atom stereocenters. The van der Waals surface area contributed by atoms with Gasteiger partial charge in [-0.15, -0.1) is 0 Å². The quantitative estimate of drug-likeness (QED) is 0.591. The van der Waals surface area contributed by atoms with Crippen LogP contribution in [0.5, 0.6) is 0 Å². The Kier molecular flexibility index (Phi) is 4.78. The van der Waals surface area contributed by atoms with E-state index in [1.165, 1.54) is 0 Å². The van der Waals surface area contributed by atoms with Gasteiger partial charge < -0.3 is 15.2 Å². The molecule has 0 spiro atoms. The summed E-state index contributed by atoms with van der Waals surface area (Å²) in [6, 6.07) is 0. The normalized spacial score (nSPS) is 22.8. The van der Waals surface area contributed by atoms with Crippen LogP contribution in [0.25, 0.3) is 0 Å². The van der Waals surface area contributed by atoms with E-state index in [0.29, 0.717) is 13.2 Å². The lowest BCUT2D eigenvalue weighted by Gasteiger charge is -2.21. The number of amides is 1. The number of carbonyl (C=O) groups is 1. The number of rotatable bonds is 5. The molecule has 0 bridgehead atoms. The van der Waals surface area contributed by atoms with Crippen LogP contribution in [0, 0.1) is 5.92 Å². The summed E-state index contributed by atoms with van der Waals surface area (Å²) < 4.78 is 5.10. The summed E-state index contributed by atoms with van der Waals surface area (Å²) in [4.78, 5) is 11.2. The van der Waals surface area contributed by atoms with E-state index >= 15 is 0 Å². The molecule has 1 heterocycles. The van der Waals surface area contributed by atoms with E-state index in [1.807, 2.05) is 0 Å².